The zero-order valence-electron chi connectivity index (χ0n) is 8.54. The number of carbonyl (C=O) groups excluding carboxylic acids is 1. The van der Waals surface area contributed by atoms with Crippen molar-refractivity contribution in [3.63, 3.8) is 0 Å². The van der Waals surface area contributed by atoms with Crippen LogP contribution in [0.4, 0.5) is 0 Å². The number of hydrogen-bond acceptors (Lipinski definition) is 6. The molecule has 2 heterocycles. The molecule has 2 aliphatic heterocycles. The van der Waals surface area contributed by atoms with Gasteiger partial charge >= 0.3 is 5.97 Å². The molecular weight excluding hydrogens is 204 g/mol. The molecule has 2 unspecified atom stereocenters. The van der Waals surface area contributed by atoms with Crippen LogP contribution in [-0.4, -0.2) is 53.0 Å². The summed E-state index contributed by atoms with van der Waals surface area (Å²) < 4.78 is 15.5. The maximum atomic E-state index is 11.0. The van der Waals surface area contributed by atoms with E-state index in [-0.39, 0.29) is 6.61 Å². The van der Waals surface area contributed by atoms with Gasteiger partial charge in [0.25, 0.3) is 0 Å². The molecule has 0 radical (unpaired) electrons. The molecule has 2 saturated heterocycles. The van der Waals surface area contributed by atoms with Crippen LogP contribution in [0.5, 0.6) is 0 Å². The molecule has 0 aromatic heterocycles. The highest BCUT2D eigenvalue weighted by Crippen LogP contribution is 2.30. The van der Waals surface area contributed by atoms with Crippen LogP contribution in [0.2, 0.25) is 0 Å². The molecule has 0 aromatic carbocycles. The number of aliphatic hydroxyl groups excluding tert-OH is 2. The fraction of sp³-hybridized carbons (Fsp3) is 0.889. The van der Waals surface area contributed by atoms with Crippen LogP contribution in [0.3, 0.4) is 0 Å². The quantitative estimate of drug-likeness (QED) is 0.537. The number of ether oxygens (including phenoxy) is 3. The lowest BCUT2D eigenvalue weighted by Crippen LogP contribution is -2.40. The molecule has 0 saturated carbocycles. The van der Waals surface area contributed by atoms with Crippen molar-refractivity contribution in [2.75, 3.05) is 6.61 Å². The summed E-state index contributed by atoms with van der Waals surface area (Å²) in [6.45, 7) is 3.69. The molecule has 2 N–H and O–H groups in total. The second-order valence-electron chi connectivity index (χ2n) is 4.20. The summed E-state index contributed by atoms with van der Waals surface area (Å²) in [5.74, 6) is -1.56. The summed E-state index contributed by atoms with van der Waals surface area (Å²) in [5.41, 5.74) is 0. The Kier molecular flexibility index (Phi) is 2.46. The Labute approximate surface area is 86.7 Å². The fourth-order valence-corrected chi connectivity index (χ4v) is 1.77. The third kappa shape index (κ3) is 1.85. The first kappa shape index (κ1) is 10.8. The highest BCUT2D eigenvalue weighted by atomic mass is 16.8. The summed E-state index contributed by atoms with van der Waals surface area (Å²) in [5, 5.41) is 18.7. The number of rotatable bonds is 1. The van der Waals surface area contributed by atoms with Crippen LogP contribution in [0.25, 0.3) is 0 Å². The van der Waals surface area contributed by atoms with Gasteiger partial charge in [0.1, 0.15) is 12.2 Å². The van der Waals surface area contributed by atoms with Gasteiger partial charge in [-0.2, -0.15) is 0 Å². The number of aliphatic hydroxyl groups is 2. The number of carbonyl (C=O) groups is 1. The van der Waals surface area contributed by atoms with E-state index in [1.54, 1.807) is 13.8 Å². The van der Waals surface area contributed by atoms with Gasteiger partial charge in [-0.25, -0.2) is 4.79 Å². The van der Waals surface area contributed by atoms with E-state index in [0.717, 1.165) is 0 Å². The van der Waals surface area contributed by atoms with E-state index < -0.39 is 36.2 Å². The van der Waals surface area contributed by atoms with E-state index >= 15 is 0 Å². The largest absolute Gasteiger partial charge is 0.455 e. The van der Waals surface area contributed by atoms with Gasteiger partial charge in [-0.3, -0.25) is 0 Å². The molecule has 0 aliphatic carbocycles. The van der Waals surface area contributed by atoms with E-state index in [1.807, 2.05) is 0 Å². The van der Waals surface area contributed by atoms with Crippen molar-refractivity contribution < 1.29 is 29.2 Å². The topological polar surface area (TPSA) is 85.2 Å². The van der Waals surface area contributed by atoms with Crippen LogP contribution < -0.4 is 0 Å². The molecule has 15 heavy (non-hydrogen) atoms. The third-order valence-corrected chi connectivity index (χ3v) is 2.55. The van der Waals surface area contributed by atoms with Crippen LogP contribution in [0.1, 0.15) is 13.8 Å². The van der Waals surface area contributed by atoms with Crippen LogP contribution in [0.15, 0.2) is 0 Å². The van der Waals surface area contributed by atoms with E-state index in [2.05, 4.69) is 0 Å². The van der Waals surface area contributed by atoms with Crippen molar-refractivity contribution in [2.45, 2.75) is 44.1 Å². The predicted octanol–water partition coefficient (Wildman–Crippen LogP) is -1.21. The Hall–Kier alpha value is -0.690. The number of cyclic esters (lactones) is 1. The van der Waals surface area contributed by atoms with Gasteiger partial charge < -0.3 is 24.4 Å². The SMILES string of the molecule is CC1(C)OCC([C@H]2OC(=O)[C@H](O)C2O)O1. The third-order valence-electron chi connectivity index (χ3n) is 2.55. The Morgan fingerprint density at radius 1 is 1.40 bits per heavy atom. The van der Waals surface area contributed by atoms with Gasteiger partial charge in [-0.15, -0.1) is 0 Å². The average molecular weight is 218 g/mol. The summed E-state index contributed by atoms with van der Waals surface area (Å²) in [6, 6.07) is 0. The Bertz CT molecular complexity index is 276. The smallest absolute Gasteiger partial charge is 0.338 e. The summed E-state index contributed by atoms with van der Waals surface area (Å²) in [7, 11) is 0. The van der Waals surface area contributed by atoms with Crippen molar-refractivity contribution in [1.82, 2.24) is 0 Å². The molecule has 0 amide bonds. The Balaban J connectivity index is 2.04. The van der Waals surface area contributed by atoms with Crippen molar-refractivity contribution >= 4 is 5.97 Å². The summed E-state index contributed by atoms with van der Waals surface area (Å²) >= 11 is 0. The minimum absolute atomic E-state index is 0.231. The minimum atomic E-state index is -1.48. The first-order chi connectivity index (χ1) is 6.91. The van der Waals surface area contributed by atoms with Crippen LogP contribution >= 0.6 is 0 Å². The van der Waals surface area contributed by atoms with Gasteiger partial charge in [0.15, 0.2) is 18.0 Å². The highest BCUT2D eigenvalue weighted by Gasteiger charge is 2.50. The molecule has 6 heteroatoms. The van der Waals surface area contributed by atoms with E-state index in [1.165, 1.54) is 0 Å². The second-order valence-corrected chi connectivity index (χ2v) is 4.20. The van der Waals surface area contributed by atoms with E-state index in [4.69, 9.17) is 14.2 Å². The summed E-state index contributed by atoms with van der Waals surface area (Å²) in [6.07, 6.45) is -4.12. The lowest BCUT2D eigenvalue weighted by molar-refractivity contribution is -0.166. The maximum absolute atomic E-state index is 11.0. The standard InChI is InChI=1S/C9H14O6/c1-9(2)13-3-4(15-9)7-5(10)6(11)8(12)14-7/h4-7,10-11H,3H2,1-2H3/t4?,5?,6-,7-/m1/s1. The lowest BCUT2D eigenvalue weighted by atomic mass is 10.1. The molecule has 6 nitrogen and oxygen atoms in total. The lowest BCUT2D eigenvalue weighted by Gasteiger charge is -2.21. The molecule has 0 bridgehead atoms. The van der Waals surface area contributed by atoms with Gasteiger partial charge in [0.05, 0.1) is 6.61 Å². The molecule has 2 aliphatic rings. The first-order valence-electron chi connectivity index (χ1n) is 4.79. The second kappa shape index (κ2) is 3.41. The molecule has 4 atom stereocenters. The van der Waals surface area contributed by atoms with Crippen molar-refractivity contribution in [3.8, 4) is 0 Å². The summed E-state index contributed by atoms with van der Waals surface area (Å²) in [4.78, 5) is 11.0. The molecule has 2 fully saturated rings. The van der Waals surface area contributed by atoms with Crippen LogP contribution in [0, 0.1) is 0 Å². The Morgan fingerprint density at radius 2 is 2.07 bits per heavy atom. The van der Waals surface area contributed by atoms with Crippen molar-refractivity contribution in [2.24, 2.45) is 0 Å². The number of hydrogen-bond donors (Lipinski definition) is 2. The van der Waals surface area contributed by atoms with E-state index in [0.29, 0.717) is 0 Å². The average Bonchev–Trinajstić information content (AvgIpc) is 2.62. The molecule has 0 spiro atoms. The zero-order valence-corrected chi connectivity index (χ0v) is 8.54. The minimum Gasteiger partial charge on any atom is -0.455 e. The van der Waals surface area contributed by atoms with Crippen molar-refractivity contribution in [3.05, 3.63) is 0 Å². The highest BCUT2D eigenvalue weighted by molar-refractivity contribution is 5.77. The Morgan fingerprint density at radius 3 is 2.47 bits per heavy atom. The van der Waals surface area contributed by atoms with Gasteiger partial charge in [0, 0.05) is 0 Å². The molecule has 0 aromatic rings. The van der Waals surface area contributed by atoms with Gasteiger partial charge in [-0.1, -0.05) is 0 Å². The fourth-order valence-electron chi connectivity index (χ4n) is 1.77. The maximum Gasteiger partial charge on any atom is 0.338 e. The molecular formula is C9H14O6. The normalized spacial score (nSPS) is 44.4. The molecule has 2 rings (SSSR count). The predicted molar refractivity (Wildman–Crippen MR) is 46.8 cm³/mol. The van der Waals surface area contributed by atoms with Crippen LogP contribution in [-0.2, 0) is 19.0 Å². The van der Waals surface area contributed by atoms with Gasteiger partial charge in [-0.05, 0) is 13.8 Å². The molecule has 86 valence electrons. The number of esters is 1. The van der Waals surface area contributed by atoms with E-state index in [9.17, 15) is 15.0 Å². The van der Waals surface area contributed by atoms with Gasteiger partial charge in [0.2, 0.25) is 0 Å². The first-order valence-corrected chi connectivity index (χ1v) is 4.79. The monoisotopic (exact) mass is 218 g/mol. The van der Waals surface area contributed by atoms with Crippen molar-refractivity contribution in [1.29, 1.82) is 0 Å². The zero-order chi connectivity index (χ0) is 11.2.